The number of ether oxygens (including phenoxy) is 1. The zero-order valence-electron chi connectivity index (χ0n) is 5.66. The summed E-state index contributed by atoms with van der Waals surface area (Å²) in [6.45, 7) is 1.79. The Morgan fingerprint density at radius 3 is 3.20 bits per heavy atom. The lowest BCUT2D eigenvalue weighted by Gasteiger charge is -2.25. The first-order valence-corrected chi connectivity index (χ1v) is 3.45. The largest absolute Gasteiger partial charge is 0.376 e. The average molecular weight is 137 g/mol. The number of aromatic nitrogens is 2. The summed E-state index contributed by atoms with van der Waals surface area (Å²) in [6.07, 6.45) is 5.06. The molecule has 1 fully saturated rings. The average Bonchev–Trinajstić information content (AvgIpc) is 2.29. The Morgan fingerprint density at radius 1 is 1.80 bits per heavy atom. The Balaban J connectivity index is 1.90. The molecular weight excluding hydrogens is 128 g/mol. The minimum absolute atomic E-state index is 0.397. The molecule has 1 unspecified atom stereocenters. The van der Waals surface area contributed by atoms with Crippen molar-refractivity contribution in [3.8, 4) is 0 Å². The highest BCUT2D eigenvalue weighted by Gasteiger charge is 2.17. The number of hydrogen-bond donors (Lipinski definition) is 0. The normalized spacial score (nSPS) is 24.2. The molecule has 53 valence electrons. The first-order valence-electron chi connectivity index (χ1n) is 3.45. The highest BCUT2D eigenvalue weighted by Crippen LogP contribution is 2.11. The Labute approximate surface area is 59.6 Å². The Morgan fingerprint density at radius 2 is 2.70 bits per heavy atom. The van der Waals surface area contributed by atoms with Gasteiger partial charge in [0.05, 0.1) is 18.8 Å². The van der Waals surface area contributed by atoms with Crippen LogP contribution < -0.4 is 0 Å². The molecule has 0 spiro atoms. The van der Waals surface area contributed by atoms with Gasteiger partial charge >= 0.3 is 0 Å². The molecule has 0 aromatic carbocycles. The molecule has 0 saturated carbocycles. The molecule has 3 heteroatoms. The Bertz CT molecular complexity index is 191. The van der Waals surface area contributed by atoms with Crippen molar-refractivity contribution in [3.63, 3.8) is 0 Å². The van der Waals surface area contributed by atoms with Crippen LogP contribution in [0.15, 0.2) is 12.4 Å². The molecular formula is C7H9N2O. The van der Waals surface area contributed by atoms with Crippen molar-refractivity contribution in [2.75, 3.05) is 6.61 Å². The molecule has 10 heavy (non-hydrogen) atoms. The van der Waals surface area contributed by atoms with E-state index in [0.29, 0.717) is 6.10 Å². The molecule has 0 bridgehead atoms. The molecule has 3 nitrogen and oxygen atoms in total. The maximum Gasteiger partial charge on any atom is 0.0792 e. The second-order valence-corrected chi connectivity index (χ2v) is 2.44. The summed E-state index contributed by atoms with van der Waals surface area (Å²) in [4.78, 5) is 0. The molecule has 2 rings (SSSR count). The third-order valence-electron chi connectivity index (χ3n) is 1.69. The van der Waals surface area contributed by atoms with Gasteiger partial charge in [-0.3, -0.25) is 4.68 Å². The predicted molar refractivity (Wildman–Crippen MR) is 35.4 cm³/mol. The summed E-state index contributed by atoms with van der Waals surface area (Å²) in [6, 6.07) is 2.88. The first-order chi connectivity index (χ1) is 4.95. The molecule has 1 aromatic rings. The molecule has 0 amide bonds. The first kappa shape index (κ1) is 5.92. The molecule has 1 atom stereocenters. The second kappa shape index (κ2) is 2.42. The van der Waals surface area contributed by atoms with Crippen LogP contribution in [0.3, 0.4) is 0 Å². The van der Waals surface area contributed by atoms with Crippen molar-refractivity contribution in [2.45, 2.75) is 19.1 Å². The van der Waals surface area contributed by atoms with Crippen LogP contribution in [0.2, 0.25) is 0 Å². The van der Waals surface area contributed by atoms with Crippen LogP contribution in [-0.4, -0.2) is 22.5 Å². The van der Waals surface area contributed by atoms with Crippen molar-refractivity contribution in [1.82, 2.24) is 9.78 Å². The van der Waals surface area contributed by atoms with Crippen molar-refractivity contribution in [2.24, 2.45) is 0 Å². The smallest absolute Gasteiger partial charge is 0.0792 e. The van der Waals surface area contributed by atoms with Crippen LogP contribution in [-0.2, 0) is 11.3 Å². The number of rotatable bonds is 2. The maximum absolute atomic E-state index is 5.23. The topological polar surface area (TPSA) is 27.1 Å². The number of nitrogens with zero attached hydrogens (tertiary/aromatic N) is 2. The van der Waals surface area contributed by atoms with Crippen molar-refractivity contribution in [1.29, 1.82) is 0 Å². The molecule has 1 saturated heterocycles. The van der Waals surface area contributed by atoms with E-state index in [9.17, 15) is 0 Å². The quantitative estimate of drug-likeness (QED) is 0.592. The van der Waals surface area contributed by atoms with E-state index in [4.69, 9.17) is 4.74 Å². The van der Waals surface area contributed by atoms with Gasteiger partial charge in [0, 0.05) is 18.9 Å². The summed E-state index contributed by atoms with van der Waals surface area (Å²) < 4.78 is 7.08. The van der Waals surface area contributed by atoms with Crippen molar-refractivity contribution >= 4 is 0 Å². The van der Waals surface area contributed by atoms with Gasteiger partial charge in [-0.15, -0.1) is 0 Å². The van der Waals surface area contributed by atoms with Gasteiger partial charge in [-0.25, -0.2) is 0 Å². The fraction of sp³-hybridized carbons (Fsp3) is 0.571. The zero-order chi connectivity index (χ0) is 6.81. The van der Waals surface area contributed by atoms with Gasteiger partial charge in [0.1, 0.15) is 0 Å². The molecule has 0 N–H and O–H groups in total. The van der Waals surface area contributed by atoms with E-state index in [1.165, 1.54) is 6.42 Å². The summed E-state index contributed by atoms with van der Waals surface area (Å²) in [7, 11) is 0. The lowest BCUT2D eigenvalue weighted by molar-refractivity contribution is -0.0609. The molecule has 1 aliphatic rings. The SMILES string of the molecule is [c]1cnn(CC2CCO2)c1. The van der Waals surface area contributed by atoms with E-state index in [2.05, 4.69) is 11.2 Å². The van der Waals surface area contributed by atoms with Crippen LogP contribution >= 0.6 is 0 Å². The van der Waals surface area contributed by atoms with Gasteiger partial charge in [-0.05, 0) is 6.42 Å². The summed E-state index contributed by atoms with van der Waals surface area (Å²) >= 11 is 0. The van der Waals surface area contributed by atoms with E-state index in [1.54, 1.807) is 6.20 Å². The maximum atomic E-state index is 5.23. The summed E-state index contributed by atoms with van der Waals surface area (Å²) in [5.74, 6) is 0. The monoisotopic (exact) mass is 137 g/mol. The van der Waals surface area contributed by atoms with Gasteiger partial charge < -0.3 is 4.74 Å². The van der Waals surface area contributed by atoms with Crippen molar-refractivity contribution < 1.29 is 4.74 Å². The third kappa shape index (κ3) is 1.04. The lowest BCUT2D eigenvalue weighted by Crippen LogP contribution is -2.31. The van der Waals surface area contributed by atoms with Crippen LogP contribution in [0.5, 0.6) is 0 Å². The van der Waals surface area contributed by atoms with Crippen molar-refractivity contribution in [3.05, 3.63) is 18.5 Å². The molecule has 0 aliphatic carbocycles. The number of hydrogen-bond acceptors (Lipinski definition) is 2. The molecule has 2 heterocycles. The molecule has 1 aromatic heterocycles. The standard InChI is InChI=1S/C7H9N2O/c1-3-8-9(4-1)6-7-2-5-10-7/h3-4,7H,2,5-6H2. The Kier molecular flexibility index (Phi) is 1.43. The van der Waals surface area contributed by atoms with Gasteiger partial charge in [-0.1, -0.05) is 0 Å². The van der Waals surface area contributed by atoms with Gasteiger partial charge in [0.25, 0.3) is 0 Å². The summed E-state index contributed by atoms with van der Waals surface area (Å²) in [5, 5.41) is 4.02. The van der Waals surface area contributed by atoms with Crippen LogP contribution in [0.25, 0.3) is 0 Å². The van der Waals surface area contributed by atoms with E-state index >= 15 is 0 Å². The van der Waals surface area contributed by atoms with Gasteiger partial charge in [0.2, 0.25) is 0 Å². The third-order valence-corrected chi connectivity index (χ3v) is 1.69. The second-order valence-electron chi connectivity index (χ2n) is 2.44. The fourth-order valence-corrected chi connectivity index (χ4v) is 0.997. The van der Waals surface area contributed by atoms with E-state index < -0.39 is 0 Å². The van der Waals surface area contributed by atoms with Crippen LogP contribution in [0.4, 0.5) is 0 Å². The lowest BCUT2D eigenvalue weighted by atomic mass is 10.2. The minimum Gasteiger partial charge on any atom is -0.376 e. The zero-order valence-corrected chi connectivity index (χ0v) is 5.66. The van der Waals surface area contributed by atoms with Crippen LogP contribution in [0.1, 0.15) is 6.42 Å². The Hall–Kier alpha value is -0.830. The highest BCUT2D eigenvalue weighted by atomic mass is 16.5. The minimum atomic E-state index is 0.397. The van der Waals surface area contributed by atoms with E-state index in [-0.39, 0.29) is 0 Å². The van der Waals surface area contributed by atoms with E-state index in [1.807, 2.05) is 10.9 Å². The predicted octanol–water partition coefficient (Wildman–Crippen LogP) is 0.472. The summed E-state index contributed by atoms with van der Waals surface area (Å²) in [5.41, 5.74) is 0. The highest BCUT2D eigenvalue weighted by molar-refractivity contribution is 4.77. The van der Waals surface area contributed by atoms with Crippen LogP contribution in [0, 0.1) is 6.07 Å². The molecule has 1 aliphatic heterocycles. The van der Waals surface area contributed by atoms with Gasteiger partial charge in [-0.2, -0.15) is 5.10 Å². The van der Waals surface area contributed by atoms with Gasteiger partial charge in [0.15, 0.2) is 0 Å². The fourth-order valence-electron chi connectivity index (χ4n) is 0.997. The molecule has 1 radical (unpaired) electrons. The van der Waals surface area contributed by atoms with E-state index in [0.717, 1.165) is 13.2 Å².